The number of benzene rings is 6. The minimum atomic E-state index is -2.18. The molecule has 0 fully saturated rings. The van der Waals surface area contributed by atoms with E-state index >= 15 is 0 Å². The Hall–Kier alpha value is -5.39. The van der Waals surface area contributed by atoms with Gasteiger partial charge in [-0.2, -0.15) is 0 Å². The molecule has 6 aromatic carbocycles. The number of hydrogen-bond acceptors (Lipinski definition) is 3. The SMILES string of the molecule is [2H]C([2H])([2H])c1c[c-]c(-c2cc[c]([Ge]([CH3])([CH3])[CH3])cn2)cc1-c1ccccc1.[2H]C([2H])(c1ccnc(-c2[c-]ccc3c2oc2c(-c4ccccc4)cc(-c4ccccc4)cc23)c1)C(C)(C)C.[Ir]. The molecule has 9 aromatic rings. The molecule has 0 N–H and O–H groups in total. The van der Waals surface area contributed by atoms with Gasteiger partial charge in [-0.3, -0.25) is 0 Å². The molecule has 3 aromatic heterocycles. The van der Waals surface area contributed by atoms with Crippen LogP contribution in [0.2, 0.25) is 17.3 Å². The van der Waals surface area contributed by atoms with Crippen LogP contribution in [0.15, 0.2) is 168 Å². The van der Waals surface area contributed by atoms with Crippen LogP contribution in [0.3, 0.4) is 0 Å². The topological polar surface area (TPSA) is 38.9 Å². The van der Waals surface area contributed by atoms with Gasteiger partial charge in [0, 0.05) is 40.0 Å². The van der Waals surface area contributed by atoms with E-state index in [-0.39, 0.29) is 20.1 Å². The van der Waals surface area contributed by atoms with Crippen LogP contribution in [0, 0.1) is 24.4 Å². The predicted molar refractivity (Wildman–Crippen MR) is 251 cm³/mol. The van der Waals surface area contributed by atoms with Gasteiger partial charge in [0.1, 0.15) is 5.58 Å². The van der Waals surface area contributed by atoms with Crippen molar-refractivity contribution in [3.05, 3.63) is 187 Å². The Kier molecular flexibility index (Phi) is 11.0. The molecule has 60 heavy (non-hydrogen) atoms. The van der Waals surface area contributed by atoms with Gasteiger partial charge in [0.15, 0.2) is 0 Å². The maximum atomic E-state index is 8.76. The van der Waals surface area contributed by atoms with Gasteiger partial charge in [0.05, 0.1) is 5.58 Å². The molecule has 0 saturated carbocycles. The van der Waals surface area contributed by atoms with Crippen molar-refractivity contribution >= 4 is 39.6 Å². The van der Waals surface area contributed by atoms with Crippen molar-refractivity contribution in [3.8, 4) is 55.9 Å². The van der Waals surface area contributed by atoms with E-state index in [0.717, 1.165) is 61.0 Å². The van der Waals surface area contributed by atoms with Crippen molar-refractivity contribution in [1.29, 1.82) is 0 Å². The van der Waals surface area contributed by atoms with E-state index in [9.17, 15) is 0 Å². The Bertz CT molecular complexity index is 3070. The van der Waals surface area contributed by atoms with Crippen molar-refractivity contribution in [2.24, 2.45) is 5.41 Å². The first-order valence-electron chi connectivity index (χ1n) is 22.5. The van der Waals surface area contributed by atoms with E-state index in [1.54, 1.807) is 18.3 Å². The second-order valence-corrected chi connectivity index (χ2v) is 27.5. The normalized spacial score (nSPS) is 13.2. The maximum absolute atomic E-state index is 8.76. The molecular weight excluding hydrogens is 969 g/mol. The van der Waals surface area contributed by atoms with Gasteiger partial charge >= 0.3 is 146 Å². The molecule has 0 aliphatic heterocycles. The summed E-state index contributed by atoms with van der Waals surface area (Å²) >= 11 is -1.91. The van der Waals surface area contributed by atoms with Crippen molar-refractivity contribution in [3.63, 3.8) is 0 Å². The quantitative estimate of drug-likeness (QED) is 0.118. The Morgan fingerprint density at radius 2 is 1.32 bits per heavy atom. The number of nitrogens with zero attached hydrogens (tertiary/aromatic N) is 2. The van der Waals surface area contributed by atoms with E-state index in [4.69, 9.17) is 11.3 Å². The molecular formula is C55H50GeIrN2O-2. The number of pyridine rings is 2. The van der Waals surface area contributed by atoms with Crippen molar-refractivity contribution < 1.29 is 31.4 Å². The predicted octanol–water partition coefficient (Wildman–Crippen LogP) is 14.4. The first-order chi connectivity index (χ1) is 30.4. The molecule has 0 bridgehead atoms. The zero-order valence-corrected chi connectivity index (χ0v) is 39.2. The fourth-order valence-corrected chi connectivity index (χ4v) is 9.41. The molecule has 0 atom stereocenters. The molecule has 301 valence electrons. The zero-order chi connectivity index (χ0) is 45.4. The van der Waals surface area contributed by atoms with E-state index in [1.165, 1.54) is 4.40 Å². The molecule has 0 amide bonds. The number of aryl methyl sites for hydroxylation is 1. The van der Waals surface area contributed by atoms with Crippen molar-refractivity contribution in [1.82, 2.24) is 9.97 Å². The molecule has 1 radical (unpaired) electrons. The second-order valence-electron chi connectivity index (χ2n) is 16.9. The number of furan rings is 1. The zero-order valence-electron chi connectivity index (χ0n) is 39.7. The standard InChI is InChI=1S/C34H28NO.C21H22GeN.Ir/c1-34(2,3)22-23-17-18-35-31(19-23)28-16-10-15-27-30-21-26(24-11-6-4-7-12-24)20-29(33(30)36-32(27)28)25-13-8-5-9-14-25;1-16-10-11-18(14-20(16)17-8-6-5-7-9-17)21-13-12-19(15-23-21)22(2,3)4;/h4-15,17-21H,22H2,1-3H3;5-10,12-15H,1-4H3;/q2*-1;/i22D2;1D3;. The third-order valence-corrected chi connectivity index (χ3v) is 14.5. The summed E-state index contributed by atoms with van der Waals surface area (Å²) in [6, 6.07) is 56.3. The smallest absolute Gasteiger partial charge is 0.128 e. The average Bonchev–Trinajstić information content (AvgIpc) is 3.68. The molecule has 0 aliphatic carbocycles. The minimum absolute atomic E-state index is 0. The summed E-state index contributed by atoms with van der Waals surface area (Å²) in [5.41, 5.74) is 10.8. The monoisotopic (exact) mass is 1030 g/mol. The Balaban J connectivity index is 0.000000205. The molecule has 0 aliphatic rings. The summed E-state index contributed by atoms with van der Waals surface area (Å²) in [5, 5.41) is 2.01. The Morgan fingerprint density at radius 1 is 0.650 bits per heavy atom. The van der Waals surface area contributed by atoms with E-state index < -0.39 is 31.9 Å². The number of hydrogen-bond donors (Lipinski definition) is 0. The summed E-state index contributed by atoms with van der Waals surface area (Å²) in [6.45, 7) is 3.55. The minimum Gasteiger partial charge on any atom is -0.500 e. The number of fused-ring (bicyclic) bond motifs is 3. The third-order valence-electron chi connectivity index (χ3n) is 10.2. The summed E-state index contributed by atoms with van der Waals surface area (Å²) in [4.78, 5) is 9.23. The second kappa shape index (κ2) is 18.1. The molecule has 9 rings (SSSR count). The van der Waals surface area contributed by atoms with Crippen LogP contribution in [-0.2, 0) is 26.5 Å². The van der Waals surface area contributed by atoms with Gasteiger partial charge in [-0.1, -0.05) is 104 Å². The van der Waals surface area contributed by atoms with E-state index in [0.29, 0.717) is 28.0 Å². The van der Waals surface area contributed by atoms with Gasteiger partial charge in [-0.05, 0) is 52.4 Å². The van der Waals surface area contributed by atoms with E-state index in [2.05, 4.69) is 94.0 Å². The van der Waals surface area contributed by atoms with Crippen LogP contribution in [0.25, 0.3) is 77.8 Å². The van der Waals surface area contributed by atoms with Gasteiger partial charge in [-0.15, -0.1) is 18.2 Å². The van der Waals surface area contributed by atoms with Crippen LogP contribution < -0.4 is 4.40 Å². The largest absolute Gasteiger partial charge is 0.500 e. The van der Waals surface area contributed by atoms with Crippen LogP contribution in [0.5, 0.6) is 0 Å². The van der Waals surface area contributed by atoms with Crippen LogP contribution >= 0.6 is 0 Å². The molecule has 0 unspecified atom stereocenters. The Morgan fingerprint density at radius 3 is 1.93 bits per heavy atom. The van der Waals surface area contributed by atoms with Crippen molar-refractivity contribution in [2.75, 3.05) is 0 Å². The van der Waals surface area contributed by atoms with Gasteiger partial charge in [-0.25, -0.2) is 0 Å². The maximum Gasteiger partial charge on any atom is 0.128 e. The van der Waals surface area contributed by atoms with Gasteiger partial charge in [0.2, 0.25) is 0 Å². The third kappa shape index (κ3) is 9.63. The summed E-state index contributed by atoms with van der Waals surface area (Å²) in [7, 11) is 0. The molecule has 3 nitrogen and oxygen atoms in total. The molecule has 0 saturated heterocycles. The van der Waals surface area contributed by atoms with Crippen molar-refractivity contribution in [2.45, 2.75) is 51.3 Å². The van der Waals surface area contributed by atoms with Gasteiger partial charge in [0.25, 0.3) is 0 Å². The Labute approximate surface area is 378 Å². The molecule has 0 spiro atoms. The summed E-state index contributed by atoms with van der Waals surface area (Å²) in [5.74, 6) is 7.00. The molecule has 5 heteroatoms. The summed E-state index contributed by atoms with van der Waals surface area (Å²) < 4.78 is 49.0. The fourth-order valence-electron chi connectivity index (χ4n) is 7.23. The molecule has 3 heterocycles. The average molecular weight is 1020 g/mol. The first kappa shape index (κ1) is 36.5. The van der Waals surface area contributed by atoms with Crippen LogP contribution in [0.4, 0.5) is 0 Å². The summed E-state index contributed by atoms with van der Waals surface area (Å²) in [6.07, 6.45) is 2.10. The number of rotatable bonds is 7. The van der Waals surface area contributed by atoms with Gasteiger partial charge < -0.3 is 9.40 Å². The van der Waals surface area contributed by atoms with Crippen LogP contribution in [0.1, 0.15) is 38.8 Å². The first-order valence-corrected chi connectivity index (χ1v) is 27.3. The number of aromatic nitrogens is 2. The van der Waals surface area contributed by atoms with Crippen LogP contribution in [-0.4, -0.2) is 23.2 Å². The fraction of sp³-hybridized carbons (Fsp3) is 0.164. The van der Waals surface area contributed by atoms with E-state index in [1.807, 2.05) is 112 Å².